The van der Waals surface area contributed by atoms with Crippen molar-refractivity contribution in [2.24, 2.45) is 5.92 Å². The first-order valence-electron chi connectivity index (χ1n) is 6.83. The molecule has 110 valence electrons. The number of rotatable bonds is 4. The Morgan fingerprint density at radius 3 is 2.15 bits per heavy atom. The van der Waals surface area contributed by atoms with E-state index in [2.05, 4.69) is 5.32 Å². The summed E-state index contributed by atoms with van der Waals surface area (Å²) in [4.78, 5) is 12.4. The molecule has 0 spiro atoms. The molecule has 0 saturated heterocycles. The number of benzene rings is 1. The lowest BCUT2D eigenvalue weighted by Gasteiger charge is -2.41. The molecule has 1 aromatic rings. The van der Waals surface area contributed by atoms with Crippen LogP contribution in [-0.2, 0) is 9.84 Å². The second-order valence-corrected chi connectivity index (χ2v) is 8.12. The SMILES string of the molecule is CC(C)(NC(=O)c1ccc(S(C)(=O)=O)cc1)C1CCC1. The van der Waals surface area contributed by atoms with Crippen LogP contribution in [0.1, 0.15) is 43.5 Å². The van der Waals surface area contributed by atoms with Crippen LogP contribution in [0.4, 0.5) is 0 Å². The fourth-order valence-electron chi connectivity index (χ4n) is 2.45. The third-order valence-electron chi connectivity index (χ3n) is 4.11. The molecule has 0 unspecified atom stereocenters. The molecule has 1 saturated carbocycles. The third kappa shape index (κ3) is 3.20. The number of hydrogen-bond donors (Lipinski definition) is 1. The van der Waals surface area contributed by atoms with Gasteiger partial charge in [0.2, 0.25) is 0 Å². The van der Waals surface area contributed by atoms with Gasteiger partial charge >= 0.3 is 0 Å². The van der Waals surface area contributed by atoms with Crippen LogP contribution in [0.5, 0.6) is 0 Å². The highest BCUT2D eigenvalue weighted by molar-refractivity contribution is 7.90. The van der Waals surface area contributed by atoms with Gasteiger partial charge < -0.3 is 5.32 Å². The van der Waals surface area contributed by atoms with Crippen molar-refractivity contribution >= 4 is 15.7 Å². The summed E-state index contributed by atoms with van der Waals surface area (Å²) in [6, 6.07) is 6.06. The van der Waals surface area contributed by atoms with Crippen LogP contribution >= 0.6 is 0 Å². The number of amides is 1. The van der Waals surface area contributed by atoms with Crippen molar-refractivity contribution in [3.8, 4) is 0 Å². The molecule has 0 radical (unpaired) electrons. The van der Waals surface area contributed by atoms with Crippen molar-refractivity contribution in [3.05, 3.63) is 29.8 Å². The molecule has 2 rings (SSSR count). The molecule has 1 aliphatic rings. The zero-order valence-electron chi connectivity index (χ0n) is 12.1. The number of hydrogen-bond acceptors (Lipinski definition) is 3. The average molecular weight is 295 g/mol. The van der Waals surface area contributed by atoms with E-state index in [4.69, 9.17) is 0 Å². The van der Waals surface area contributed by atoms with Crippen molar-refractivity contribution in [1.82, 2.24) is 5.32 Å². The molecule has 20 heavy (non-hydrogen) atoms. The molecule has 0 bridgehead atoms. The molecule has 0 aliphatic heterocycles. The molecule has 1 N–H and O–H groups in total. The first kappa shape index (κ1) is 15.0. The second kappa shape index (κ2) is 5.20. The lowest BCUT2D eigenvalue weighted by Crippen LogP contribution is -2.51. The monoisotopic (exact) mass is 295 g/mol. The molecule has 5 heteroatoms. The van der Waals surface area contributed by atoms with Crippen LogP contribution in [0.2, 0.25) is 0 Å². The smallest absolute Gasteiger partial charge is 0.251 e. The Balaban J connectivity index is 2.09. The molecular weight excluding hydrogens is 274 g/mol. The van der Waals surface area contributed by atoms with E-state index in [0.717, 1.165) is 19.1 Å². The van der Waals surface area contributed by atoms with Crippen molar-refractivity contribution in [1.29, 1.82) is 0 Å². The summed E-state index contributed by atoms with van der Waals surface area (Å²) in [7, 11) is -3.22. The van der Waals surface area contributed by atoms with E-state index >= 15 is 0 Å². The minimum Gasteiger partial charge on any atom is -0.347 e. The van der Waals surface area contributed by atoms with Gasteiger partial charge in [0.15, 0.2) is 9.84 Å². The van der Waals surface area contributed by atoms with Gasteiger partial charge in [0.1, 0.15) is 0 Å². The van der Waals surface area contributed by atoms with E-state index in [-0.39, 0.29) is 16.3 Å². The Morgan fingerprint density at radius 2 is 1.75 bits per heavy atom. The fraction of sp³-hybridized carbons (Fsp3) is 0.533. The van der Waals surface area contributed by atoms with Gasteiger partial charge in [-0.1, -0.05) is 6.42 Å². The van der Waals surface area contributed by atoms with Crippen LogP contribution in [0.3, 0.4) is 0 Å². The predicted molar refractivity (Wildman–Crippen MR) is 78.4 cm³/mol. The van der Waals surface area contributed by atoms with E-state index in [9.17, 15) is 13.2 Å². The summed E-state index contributed by atoms with van der Waals surface area (Å²) in [6.07, 6.45) is 4.69. The molecular formula is C15H21NO3S. The lowest BCUT2D eigenvalue weighted by atomic mass is 9.72. The van der Waals surface area contributed by atoms with Gasteiger partial charge in [0.05, 0.1) is 4.90 Å². The minimum absolute atomic E-state index is 0.151. The molecule has 1 amide bonds. The average Bonchev–Trinajstić information content (AvgIpc) is 2.24. The minimum atomic E-state index is -3.22. The third-order valence-corrected chi connectivity index (χ3v) is 5.23. The van der Waals surface area contributed by atoms with Gasteiger partial charge in [-0.25, -0.2) is 8.42 Å². The van der Waals surface area contributed by atoms with Crippen molar-refractivity contribution < 1.29 is 13.2 Å². The maximum absolute atomic E-state index is 12.2. The summed E-state index contributed by atoms with van der Waals surface area (Å²) in [6.45, 7) is 4.08. The summed E-state index contributed by atoms with van der Waals surface area (Å²) in [5.41, 5.74) is 0.273. The van der Waals surface area contributed by atoms with Crippen molar-refractivity contribution in [2.75, 3.05) is 6.26 Å². The van der Waals surface area contributed by atoms with Gasteiger partial charge in [-0.05, 0) is 56.9 Å². The zero-order valence-corrected chi connectivity index (χ0v) is 13.0. The Kier molecular flexibility index (Phi) is 3.91. The molecule has 1 aromatic carbocycles. The Hall–Kier alpha value is -1.36. The summed E-state index contributed by atoms with van der Waals surface area (Å²) < 4.78 is 22.8. The highest BCUT2D eigenvalue weighted by Gasteiger charge is 2.35. The van der Waals surface area contributed by atoms with E-state index in [1.165, 1.54) is 18.6 Å². The Morgan fingerprint density at radius 1 is 1.20 bits per heavy atom. The predicted octanol–water partition coefficient (Wildman–Crippen LogP) is 2.40. The van der Waals surface area contributed by atoms with Gasteiger partial charge in [0, 0.05) is 17.4 Å². The van der Waals surface area contributed by atoms with Crippen molar-refractivity contribution in [2.45, 2.75) is 43.5 Å². The van der Waals surface area contributed by atoms with E-state index in [1.807, 2.05) is 13.8 Å². The quantitative estimate of drug-likeness (QED) is 0.927. The highest BCUT2D eigenvalue weighted by atomic mass is 32.2. The topological polar surface area (TPSA) is 63.2 Å². The van der Waals surface area contributed by atoms with Gasteiger partial charge in [-0.2, -0.15) is 0 Å². The van der Waals surface area contributed by atoms with Crippen LogP contribution < -0.4 is 5.32 Å². The van der Waals surface area contributed by atoms with Crippen LogP contribution in [0, 0.1) is 5.92 Å². The molecule has 1 aliphatic carbocycles. The molecule has 0 aromatic heterocycles. The van der Waals surface area contributed by atoms with Crippen LogP contribution in [0.15, 0.2) is 29.2 Å². The standard InChI is InChI=1S/C15H21NO3S/c1-15(2,12-5-4-6-12)16-14(17)11-7-9-13(10-8-11)20(3,18)19/h7-10,12H,4-6H2,1-3H3,(H,16,17). The maximum atomic E-state index is 12.2. The Bertz CT molecular complexity index is 599. The lowest BCUT2D eigenvalue weighted by molar-refractivity contribution is 0.0826. The maximum Gasteiger partial charge on any atom is 0.251 e. The van der Waals surface area contributed by atoms with E-state index < -0.39 is 9.84 Å². The first-order chi connectivity index (χ1) is 9.20. The first-order valence-corrected chi connectivity index (χ1v) is 8.72. The van der Waals surface area contributed by atoms with Gasteiger partial charge in [-0.15, -0.1) is 0 Å². The molecule has 0 heterocycles. The molecule has 1 fully saturated rings. The van der Waals surface area contributed by atoms with Gasteiger partial charge in [0.25, 0.3) is 5.91 Å². The van der Waals surface area contributed by atoms with Crippen LogP contribution in [0.25, 0.3) is 0 Å². The largest absolute Gasteiger partial charge is 0.347 e. The fourth-order valence-corrected chi connectivity index (χ4v) is 3.08. The Labute approximate surface area is 120 Å². The normalized spacial score (nSPS) is 16.6. The number of sulfone groups is 1. The zero-order chi connectivity index (χ0) is 15.0. The van der Waals surface area contributed by atoms with Crippen molar-refractivity contribution in [3.63, 3.8) is 0 Å². The van der Waals surface area contributed by atoms with Gasteiger partial charge in [-0.3, -0.25) is 4.79 Å². The number of carbonyl (C=O) groups is 1. The highest BCUT2D eigenvalue weighted by Crippen LogP contribution is 2.35. The second-order valence-electron chi connectivity index (χ2n) is 6.10. The number of carbonyl (C=O) groups excluding carboxylic acids is 1. The summed E-state index contributed by atoms with van der Waals surface area (Å²) in [5.74, 6) is 0.378. The molecule has 4 nitrogen and oxygen atoms in total. The van der Waals surface area contributed by atoms with Crippen LogP contribution in [-0.4, -0.2) is 26.1 Å². The summed E-state index contributed by atoms with van der Waals surface area (Å²) in [5, 5.41) is 3.04. The summed E-state index contributed by atoms with van der Waals surface area (Å²) >= 11 is 0. The van der Waals surface area contributed by atoms with E-state index in [0.29, 0.717) is 11.5 Å². The molecule has 0 atom stereocenters. The van der Waals surface area contributed by atoms with E-state index in [1.54, 1.807) is 12.1 Å². The number of nitrogens with one attached hydrogen (secondary N) is 1.